The number of hydrogen-bond acceptors (Lipinski definition) is 4. The van der Waals surface area contributed by atoms with Crippen LogP contribution in [-0.4, -0.2) is 22.0 Å². The van der Waals surface area contributed by atoms with Crippen molar-refractivity contribution in [3.05, 3.63) is 23.1 Å². The average molecular weight is 254 g/mol. The van der Waals surface area contributed by atoms with Crippen LogP contribution < -0.4 is 0 Å². The lowest BCUT2D eigenvalue weighted by Gasteiger charge is -2.06. The minimum absolute atomic E-state index is 0.281. The van der Waals surface area contributed by atoms with Gasteiger partial charge in [-0.3, -0.25) is 4.40 Å². The number of fused-ring (bicyclic) bond motifs is 1. The Kier molecular flexibility index (Phi) is 2.22. The summed E-state index contributed by atoms with van der Waals surface area (Å²) in [6.45, 7) is 2.01. The van der Waals surface area contributed by atoms with E-state index >= 15 is 0 Å². The first-order valence-electron chi connectivity index (χ1n) is 5.47. The van der Waals surface area contributed by atoms with Crippen LogP contribution in [0.5, 0.6) is 0 Å². The number of aromatic nitrogens is 2. The molecule has 0 radical (unpaired) electrons. The molecule has 1 aliphatic rings. The van der Waals surface area contributed by atoms with E-state index in [1.807, 2.05) is 0 Å². The van der Waals surface area contributed by atoms with Gasteiger partial charge in [-0.15, -0.1) is 11.3 Å². The third-order valence-electron chi connectivity index (χ3n) is 2.83. The van der Waals surface area contributed by atoms with Crippen molar-refractivity contribution >= 4 is 22.1 Å². The Morgan fingerprint density at radius 3 is 3.12 bits per heavy atom. The van der Waals surface area contributed by atoms with Gasteiger partial charge >= 0.3 is 5.97 Å². The molecule has 90 valence electrons. The second-order valence-electron chi connectivity index (χ2n) is 4.07. The minimum Gasteiger partial charge on any atom is -0.461 e. The number of carbonyl (C=O) groups is 1. The third-order valence-corrected chi connectivity index (χ3v) is 4.11. The molecule has 2 heterocycles. The van der Waals surface area contributed by atoms with E-state index in [0.717, 1.165) is 4.83 Å². The molecule has 1 saturated carbocycles. The van der Waals surface area contributed by atoms with Gasteiger partial charge in [0.2, 0.25) is 0 Å². The first-order valence-corrected chi connectivity index (χ1v) is 6.29. The molecule has 0 aromatic carbocycles. The Morgan fingerprint density at radius 2 is 2.47 bits per heavy atom. The number of carbonyl (C=O) groups excluding carboxylic acids is 1. The zero-order valence-electron chi connectivity index (χ0n) is 9.27. The van der Waals surface area contributed by atoms with Crippen LogP contribution in [0.1, 0.15) is 35.1 Å². The van der Waals surface area contributed by atoms with Crippen molar-refractivity contribution in [2.75, 3.05) is 6.61 Å². The molecule has 0 N–H and O–H groups in total. The number of halogens is 1. The molecule has 0 bridgehead atoms. The summed E-state index contributed by atoms with van der Waals surface area (Å²) in [5.74, 6) is -0.476. The van der Waals surface area contributed by atoms with Crippen molar-refractivity contribution in [2.45, 2.75) is 25.4 Å². The second kappa shape index (κ2) is 3.53. The van der Waals surface area contributed by atoms with Crippen LogP contribution in [0.15, 0.2) is 12.5 Å². The largest absolute Gasteiger partial charge is 0.461 e. The molecule has 2 aromatic rings. The van der Waals surface area contributed by atoms with E-state index in [9.17, 15) is 9.18 Å². The van der Waals surface area contributed by atoms with Gasteiger partial charge in [-0.1, -0.05) is 0 Å². The summed E-state index contributed by atoms with van der Waals surface area (Å²) >= 11 is 1.28. The second-order valence-corrected chi connectivity index (χ2v) is 5.10. The van der Waals surface area contributed by atoms with Gasteiger partial charge < -0.3 is 4.74 Å². The molecule has 0 atom stereocenters. The molecule has 3 rings (SSSR count). The highest BCUT2D eigenvalue weighted by Crippen LogP contribution is 2.53. The fraction of sp³-hybridized carbons (Fsp3) is 0.455. The van der Waals surface area contributed by atoms with Crippen LogP contribution in [0.25, 0.3) is 4.83 Å². The maximum Gasteiger partial charge on any atom is 0.356 e. The Balaban J connectivity index is 2.17. The maximum absolute atomic E-state index is 14.2. The summed E-state index contributed by atoms with van der Waals surface area (Å²) in [5, 5.41) is 0. The molecule has 1 fully saturated rings. The highest BCUT2D eigenvalue weighted by molar-refractivity contribution is 7.17. The van der Waals surface area contributed by atoms with Gasteiger partial charge in [-0.05, 0) is 19.8 Å². The van der Waals surface area contributed by atoms with Crippen LogP contribution in [0.3, 0.4) is 0 Å². The van der Waals surface area contributed by atoms with Crippen LogP contribution in [-0.2, 0) is 10.4 Å². The maximum atomic E-state index is 14.2. The van der Waals surface area contributed by atoms with E-state index in [1.54, 1.807) is 17.5 Å². The highest BCUT2D eigenvalue weighted by atomic mass is 32.1. The van der Waals surface area contributed by atoms with Gasteiger partial charge in [-0.25, -0.2) is 14.2 Å². The summed E-state index contributed by atoms with van der Waals surface area (Å²) in [7, 11) is 0. The van der Waals surface area contributed by atoms with Crippen molar-refractivity contribution in [1.82, 2.24) is 9.38 Å². The number of rotatable bonds is 3. The Bertz CT molecular complexity index is 585. The zero-order valence-corrected chi connectivity index (χ0v) is 10.1. The number of thiazole rings is 1. The fourth-order valence-electron chi connectivity index (χ4n) is 1.82. The fourth-order valence-corrected chi connectivity index (χ4v) is 3.04. The number of hydrogen-bond donors (Lipinski definition) is 0. The van der Waals surface area contributed by atoms with Crippen LogP contribution in [0.4, 0.5) is 4.39 Å². The van der Waals surface area contributed by atoms with Gasteiger partial charge in [0, 0.05) is 0 Å². The van der Waals surface area contributed by atoms with E-state index in [-0.39, 0.29) is 6.61 Å². The molecule has 2 aromatic heterocycles. The number of nitrogens with zero attached hydrogens (tertiary/aromatic N) is 2. The SMILES string of the molecule is CCOC(=O)c1c(C2(F)CC2)sc2cncn12. The van der Waals surface area contributed by atoms with E-state index in [0.29, 0.717) is 23.4 Å². The molecule has 0 saturated heterocycles. The standard InChI is InChI=1S/C11H11FN2O2S/c1-2-16-10(15)8-9(11(12)3-4-11)17-7-5-13-6-14(7)8/h5-6H,2-4H2,1H3. The van der Waals surface area contributed by atoms with Crippen LogP contribution in [0, 0.1) is 0 Å². The Hall–Kier alpha value is -1.43. The van der Waals surface area contributed by atoms with Crippen molar-refractivity contribution < 1.29 is 13.9 Å². The molecule has 0 spiro atoms. The normalized spacial score (nSPS) is 17.3. The zero-order chi connectivity index (χ0) is 12.0. The number of imidazole rings is 1. The van der Waals surface area contributed by atoms with Gasteiger partial charge in [-0.2, -0.15) is 0 Å². The van der Waals surface area contributed by atoms with Crippen molar-refractivity contribution in [2.24, 2.45) is 0 Å². The summed E-state index contributed by atoms with van der Waals surface area (Å²) in [6, 6.07) is 0. The third kappa shape index (κ3) is 1.55. The molecule has 0 unspecified atom stereocenters. The average Bonchev–Trinajstić information content (AvgIpc) is 2.76. The predicted octanol–water partition coefficient (Wildman–Crippen LogP) is 2.53. The summed E-state index contributed by atoms with van der Waals surface area (Å²) in [6.07, 6.45) is 4.11. The molecule has 4 nitrogen and oxygen atoms in total. The molecular formula is C11H11FN2O2S. The lowest BCUT2D eigenvalue weighted by atomic mass is 10.2. The number of esters is 1. The lowest BCUT2D eigenvalue weighted by Crippen LogP contribution is -2.12. The molecule has 0 amide bonds. The lowest BCUT2D eigenvalue weighted by molar-refractivity contribution is 0.0514. The van der Waals surface area contributed by atoms with Crippen LogP contribution >= 0.6 is 11.3 Å². The van der Waals surface area contributed by atoms with Gasteiger partial charge in [0.1, 0.15) is 16.8 Å². The highest BCUT2D eigenvalue weighted by Gasteiger charge is 2.49. The molecule has 0 aliphatic heterocycles. The number of ether oxygens (including phenoxy) is 1. The minimum atomic E-state index is -1.33. The van der Waals surface area contributed by atoms with Crippen molar-refractivity contribution in [3.8, 4) is 0 Å². The van der Waals surface area contributed by atoms with Crippen molar-refractivity contribution in [1.29, 1.82) is 0 Å². The first-order chi connectivity index (χ1) is 8.15. The molecule has 1 aliphatic carbocycles. The molecular weight excluding hydrogens is 243 g/mol. The summed E-state index contributed by atoms with van der Waals surface area (Å²) in [5.41, 5.74) is -1.03. The quantitative estimate of drug-likeness (QED) is 0.790. The van der Waals surface area contributed by atoms with Gasteiger partial charge in [0.05, 0.1) is 17.7 Å². The molecule has 6 heteroatoms. The van der Waals surface area contributed by atoms with E-state index in [4.69, 9.17) is 4.74 Å². The van der Waals surface area contributed by atoms with E-state index < -0.39 is 11.6 Å². The first kappa shape index (κ1) is 10.7. The predicted molar refractivity (Wildman–Crippen MR) is 61.0 cm³/mol. The van der Waals surface area contributed by atoms with E-state index in [2.05, 4.69) is 4.98 Å². The Labute approximate surface area is 101 Å². The summed E-state index contributed by atoms with van der Waals surface area (Å²) in [4.78, 5) is 17.1. The van der Waals surface area contributed by atoms with Crippen LogP contribution in [0.2, 0.25) is 0 Å². The topological polar surface area (TPSA) is 43.6 Å². The van der Waals surface area contributed by atoms with Crippen molar-refractivity contribution in [3.63, 3.8) is 0 Å². The summed E-state index contributed by atoms with van der Waals surface area (Å²) < 4.78 is 20.8. The monoisotopic (exact) mass is 254 g/mol. The van der Waals surface area contributed by atoms with E-state index in [1.165, 1.54) is 17.7 Å². The van der Waals surface area contributed by atoms with Gasteiger partial charge in [0.25, 0.3) is 0 Å². The molecule has 17 heavy (non-hydrogen) atoms. The smallest absolute Gasteiger partial charge is 0.356 e. The van der Waals surface area contributed by atoms with Gasteiger partial charge in [0.15, 0.2) is 5.69 Å². The number of alkyl halides is 1. The Morgan fingerprint density at radius 1 is 1.71 bits per heavy atom.